The molecule has 1 aromatic heterocycles. The van der Waals surface area contributed by atoms with Crippen LogP contribution in [0.3, 0.4) is 0 Å². The second kappa shape index (κ2) is 3.18. The largest absolute Gasteiger partial charge is 0.262 e. The summed E-state index contributed by atoms with van der Waals surface area (Å²) < 4.78 is 21.7. The van der Waals surface area contributed by atoms with Crippen molar-refractivity contribution in [1.29, 1.82) is 0 Å². The van der Waals surface area contributed by atoms with Crippen molar-refractivity contribution < 1.29 is 8.42 Å². The second-order valence-corrected chi connectivity index (χ2v) is 4.29. The van der Waals surface area contributed by atoms with Crippen LogP contribution in [0.15, 0.2) is 17.3 Å². The second-order valence-electron chi connectivity index (χ2n) is 1.98. The molecule has 0 radical (unpaired) electrons. The van der Waals surface area contributed by atoms with Crippen LogP contribution in [0.2, 0.25) is 10.0 Å². The van der Waals surface area contributed by atoms with Gasteiger partial charge in [-0.15, -0.1) is 0 Å². The molecule has 4 nitrogen and oxygen atoms in total. The Kier molecular flexibility index (Phi) is 2.58. The van der Waals surface area contributed by atoms with E-state index < -0.39 is 10.0 Å². The summed E-state index contributed by atoms with van der Waals surface area (Å²) in [6, 6.07) is 0. The quantitative estimate of drug-likeness (QED) is 0.778. The Labute approximate surface area is 79.4 Å². The number of sulfonamides is 1. The fraction of sp³-hybridized carbons (Fsp3) is 0. The van der Waals surface area contributed by atoms with E-state index in [1.807, 2.05) is 0 Å². The third-order valence-electron chi connectivity index (χ3n) is 1.09. The zero-order valence-electron chi connectivity index (χ0n) is 5.66. The molecule has 0 aliphatic carbocycles. The van der Waals surface area contributed by atoms with Crippen LogP contribution in [0.4, 0.5) is 0 Å². The van der Waals surface area contributed by atoms with Gasteiger partial charge in [0.1, 0.15) is 4.90 Å². The molecule has 0 aliphatic rings. The first kappa shape index (κ1) is 9.73. The lowest BCUT2D eigenvalue weighted by atomic mass is 10.5. The fourth-order valence-corrected chi connectivity index (χ4v) is 2.33. The Morgan fingerprint density at radius 2 is 1.67 bits per heavy atom. The first-order chi connectivity index (χ1) is 5.43. The molecule has 1 heterocycles. The molecule has 1 rings (SSSR count). The van der Waals surface area contributed by atoms with Crippen molar-refractivity contribution in [2.24, 2.45) is 5.14 Å². The van der Waals surface area contributed by atoms with Gasteiger partial charge in [0.25, 0.3) is 0 Å². The Bertz CT molecular complexity index is 384. The van der Waals surface area contributed by atoms with E-state index in [2.05, 4.69) is 4.98 Å². The molecule has 1 aromatic rings. The Morgan fingerprint density at radius 3 is 1.92 bits per heavy atom. The smallest absolute Gasteiger partial charge is 0.241 e. The predicted molar refractivity (Wildman–Crippen MR) is 45.6 cm³/mol. The normalized spacial score (nSPS) is 11.6. The average Bonchev–Trinajstić information content (AvgIpc) is 1.82. The lowest BCUT2D eigenvalue weighted by Gasteiger charge is -2.01. The number of pyridine rings is 1. The lowest BCUT2D eigenvalue weighted by Crippen LogP contribution is -2.13. The highest BCUT2D eigenvalue weighted by Crippen LogP contribution is 2.26. The molecule has 0 saturated heterocycles. The third-order valence-corrected chi connectivity index (χ3v) is 2.90. The minimum Gasteiger partial charge on any atom is -0.262 e. The minimum atomic E-state index is -3.87. The van der Waals surface area contributed by atoms with E-state index in [1.165, 1.54) is 0 Å². The molecule has 0 unspecified atom stereocenters. The molecular formula is C5H4Cl2N2O2S. The molecule has 0 atom stereocenters. The summed E-state index contributed by atoms with van der Waals surface area (Å²) in [5.41, 5.74) is 0. The predicted octanol–water partition coefficient (Wildman–Crippen LogP) is 1.04. The Balaban J connectivity index is 3.53. The molecule has 0 bridgehead atoms. The Morgan fingerprint density at radius 1 is 1.25 bits per heavy atom. The summed E-state index contributed by atoms with van der Waals surface area (Å²) >= 11 is 11.0. The van der Waals surface area contributed by atoms with Crippen molar-refractivity contribution in [3.8, 4) is 0 Å². The zero-order chi connectivity index (χ0) is 9.35. The van der Waals surface area contributed by atoms with Gasteiger partial charge in [0.15, 0.2) is 0 Å². The van der Waals surface area contributed by atoms with Gasteiger partial charge in [-0.2, -0.15) is 0 Å². The number of nitrogens with zero attached hydrogens (tertiary/aromatic N) is 1. The van der Waals surface area contributed by atoms with Gasteiger partial charge in [0, 0.05) is 12.4 Å². The van der Waals surface area contributed by atoms with Gasteiger partial charge in [0.05, 0.1) is 10.0 Å². The molecule has 0 fully saturated rings. The summed E-state index contributed by atoms with van der Waals surface area (Å²) in [4.78, 5) is 3.28. The molecule has 0 aliphatic heterocycles. The first-order valence-corrected chi connectivity index (χ1v) is 5.05. The van der Waals surface area contributed by atoms with Crippen LogP contribution in [-0.2, 0) is 10.0 Å². The SMILES string of the molecule is NS(=O)(=O)c1c(Cl)cncc1Cl. The number of hydrogen-bond donors (Lipinski definition) is 1. The third kappa shape index (κ3) is 1.87. The fourth-order valence-electron chi connectivity index (χ4n) is 0.671. The van der Waals surface area contributed by atoms with Gasteiger partial charge < -0.3 is 0 Å². The number of aromatic nitrogens is 1. The molecule has 7 heteroatoms. The molecule has 0 spiro atoms. The van der Waals surface area contributed by atoms with E-state index in [0.717, 1.165) is 12.4 Å². The number of rotatable bonds is 1. The van der Waals surface area contributed by atoms with Crippen LogP contribution in [0.1, 0.15) is 0 Å². The number of primary sulfonamides is 1. The van der Waals surface area contributed by atoms with Crippen molar-refractivity contribution in [3.63, 3.8) is 0 Å². The summed E-state index contributed by atoms with van der Waals surface area (Å²) in [6.07, 6.45) is 2.32. The van der Waals surface area contributed by atoms with Crippen LogP contribution in [0.25, 0.3) is 0 Å². The molecule has 12 heavy (non-hydrogen) atoms. The molecular weight excluding hydrogens is 223 g/mol. The summed E-state index contributed by atoms with van der Waals surface area (Å²) in [5.74, 6) is 0. The van der Waals surface area contributed by atoms with E-state index in [-0.39, 0.29) is 14.9 Å². The maximum atomic E-state index is 10.9. The molecule has 66 valence electrons. The summed E-state index contributed by atoms with van der Waals surface area (Å²) in [7, 11) is -3.87. The van der Waals surface area contributed by atoms with E-state index >= 15 is 0 Å². The van der Waals surface area contributed by atoms with Crippen molar-refractivity contribution in [2.45, 2.75) is 4.90 Å². The van der Waals surface area contributed by atoms with Crippen LogP contribution in [-0.4, -0.2) is 13.4 Å². The highest BCUT2D eigenvalue weighted by Gasteiger charge is 2.16. The monoisotopic (exact) mass is 226 g/mol. The molecule has 2 N–H and O–H groups in total. The maximum absolute atomic E-state index is 10.9. The van der Waals surface area contributed by atoms with Gasteiger partial charge in [-0.1, -0.05) is 23.2 Å². The van der Waals surface area contributed by atoms with Gasteiger partial charge >= 0.3 is 0 Å². The van der Waals surface area contributed by atoms with Crippen molar-refractivity contribution in [2.75, 3.05) is 0 Å². The average molecular weight is 227 g/mol. The molecule has 0 aromatic carbocycles. The topological polar surface area (TPSA) is 73.1 Å². The van der Waals surface area contributed by atoms with Gasteiger partial charge in [0.2, 0.25) is 10.0 Å². The summed E-state index contributed by atoms with van der Waals surface area (Å²) in [5, 5.41) is 4.68. The van der Waals surface area contributed by atoms with Crippen LogP contribution in [0.5, 0.6) is 0 Å². The standard InChI is InChI=1S/C5H4Cl2N2O2S/c6-3-1-9-2-4(7)5(3)12(8,10)11/h1-2H,(H2,8,10,11). The number of halogens is 2. The van der Waals surface area contributed by atoms with E-state index in [1.54, 1.807) is 0 Å². The highest BCUT2D eigenvalue weighted by atomic mass is 35.5. The van der Waals surface area contributed by atoms with Gasteiger partial charge in [-0.3, -0.25) is 4.98 Å². The van der Waals surface area contributed by atoms with E-state index in [9.17, 15) is 8.42 Å². The van der Waals surface area contributed by atoms with Crippen LogP contribution in [0, 0.1) is 0 Å². The maximum Gasteiger partial charge on any atom is 0.241 e. The van der Waals surface area contributed by atoms with Crippen molar-refractivity contribution >= 4 is 33.2 Å². The van der Waals surface area contributed by atoms with Crippen molar-refractivity contribution in [1.82, 2.24) is 4.98 Å². The number of hydrogen-bond acceptors (Lipinski definition) is 3. The van der Waals surface area contributed by atoms with Gasteiger partial charge in [-0.25, -0.2) is 13.6 Å². The number of nitrogens with two attached hydrogens (primary N) is 1. The van der Waals surface area contributed by atoms with E-state index in [4.69, 9.17) is 28.3 Å². The van der Waals surface area contributed by atoms with Crippen molar-refractivity contribution in [3.05, 3.63) is 22.4 Å². The van der Waals surface area contributed by atoms with E-state index in [0.29, 0.717) is 0 Å². The van der Waals surface area contributed by atoms with Crippen LogP contribution < -0.4 is 5.14 Å². The molecule has 0 amide bonds. The Hall–Kier alpha value is -0.360. The zero-order valence-corrected chi connectivity index (χ0v) is 7.99. The minimum absolute atomic E-state index is 0.0787. The summed E-state index contributed by atoms with van der Waals surface area (Å²) in [6.45, 7) is 0. The lowest BCUT2D eigenvalue weighted by molar-refractivity contribution is 0.598. The van der Waals surface area contributed by atoms with Crippen LogP contribution >= 0.6 is 23.2 Å². The van der Waals surface area contributed by atoms with Gasteiger partial charge in [-0.05, 0) is 0 Å². The molecule has 0 saturated carbocycles. The first-order valence-electron chi connectivity index (χ1n) is 2.74. The highest BCUT2D eigenvalue weighted by molar-refractivity contribution is 7.89.